The molecule has 0 saturated heterocycles. The maximum Gasteiger partial charge on any atom is 0.0192 e. The second-order valence-corrected chi connectivity index (χ2v) is 3.29. The van der Waals surface area contributed by atoms with Gasteiger partial charge in [-0.3, -0.25) is 4.90 Å². The third-order valence-electron chi connectivity index (χ3n) is 2.08. The number of nitrogens with zero attached hydrogens (tertiary/aromatic N) is 1. The zero-order valence-corrected chi connectivity index (χ0v) is 8.52. The summed E-state index contributed by atoms with van der Waals surface area (Å²) in [5, 5.41) is 0. The van der Waals surface area contributed by atoms with Crippen molar-refractivity contribution < 1.29 is 0 Å². The molecule has 0 N–H and O–H groups in total. The van der Waals surface area contributed by atoms with Gasteiger partial charge in [0.05, 0.1) is 0 Å². The van der Waals surface area contributed by atoms with Crippen molar-refractivity contribution in [3.63, 3.8) is 0 Å². The molecule has 0 unspecified atom stereocenters. The lowest BCUT2D eigenvalue weighted by Crippen LogP contribution is -2.31. The van der Waals surface area contributed by atoms with Crippen LogP contribution in [-0.4, -0.2) is 24.0 Å². The van der Waals surface area contributed by atoms with E-state index in [0.717, 1.165) is 13.1 Å². The first-order valence-corrected chi connectivity index (χ1v) is 4.47. The van der Waals surface area contributed by atoms with Gasteiger partial charge in [-0.25, -0.2) is 0 Å². The van der Waals surface area contributed by atoms with Crippen LogP contribution in [0.5, 0.6) is 0 Å². The molecule has 0 aliphatic heterocycles. The molecule has 1 nitrogen and oxygen atoms in total. The summed E-state index contributed by atoms with van der Waals surface area (Å²) in [6, 6.07) is 0.662. The van der Waals surface area contributed by atoms with Crippen LogP contribution in [0.15, 0.2) is 11.6 Å². The van der Waals surface area contributed by atoms with Gasteiger partial charge in [0, 0.05) is 12.6 Å². The van der Waals surface area contributed by atoms with Gasteiger partial charge in [-0.15, -0.1) is 0 Å². The van der Waals surface area contributed by atoms with E-state index in [1.54, 1.807) is 0 Å². The molecule has 0 rings (SSSR count). The molecule has 11 heavy (non-hydrogen) atoms. The van der Waals surface area contributed by atoms with Gasteiger partial charge in [0.1, 0.15) is 0 Å². The Morgan fingerprint density at radius 2 is 2.00 bits per heavy atom. The Balaban J connectivity index is 3.88. The fourth-order valence-electron chi connectivity index (χ4n) is 1.07. The summed E-state index contributed by atoms with van der Waals surface area (Å²) >= 11 is 0. The molecule has 0 spiro atoms. The Kier molecular flexibility index (Phi) is 5.22. The molecule has 0 aromatic heterocycles. The van der Waals surface area contributed by atoms with Gasteiger partial charge in [0.25, 0.3) is 0 Å². The van der Waals surface area contributed by atoms with Crippen LogP contribution < -0.4 is 0 Å². The first-order chi connectivity index (χ1) is 5.11. The maximum absolute atomic E-state index is 2.45. The highest BCUT2D eigenvalue weighted by Crippen LogP contribution is 2.02. The molecular weight excluding hydrogens is 134 g/mol. The van der Waals surface area contributed by atoms with E-state index in [0.29, 0.717) is 6.04 Å². The summed E-state index contributed by atoms with van der Waals surface area (Å²) in [5.74, 6) is 0. The summed E-state index contributed by atoms with van der Waals surface area (Å²) < 4.78 is 0. The summed E-state index contributed by atoms with van der Waals surface area (Å²) in [7, 11) is 0. The van der Waals surface area contributed by atoms with Gasteiger partial charge < -0.3 is 0 Å². The molecule has 1 heteroatoms. The Labute approximate surface area is 71.1 Å². The molecule has 0 amide bonds. The van der Waals surface area contributed by atoms with E-state index in [1.807, 2.05) is 0 Å². The van der Waals surface area contributed by atoms with Crippen molar-refractivity contribution >= 4 is 0 Å². The number of hydrogen-bond acceptors (Lipinski definition) is 1. The Morgan fingerprint density at radius 3 is 2.27 bits per heavy atom. The summed E-state index contributed by atoms with van der Waals surface area (Å²) in [6.07, 6.45) is 2.19. The van der Waals surface area contributed by atoms with Gasteiger partial charge in [0.2, 0.25) is 0 Å². The lowest BCUT2D eigenvalue weighted by atomic mass is 10.2. The molecule has 66 valence electrons. The molecule has 0 aromatic rings. The Hall–Kier alpha value is -0.300. The topological polar surface area (TPSA) is 3.24 Å². The lowest BCUT2D eigenvalue weighted by molar-refractivity contribution is 0.253. The van der Waals surface area contributed by atoms with Gasteiger partial charge in [-0.2, -0.15) is 0 Å². The SMILES string of the molecule is C/C=C(/C)CN(CC)C(C)C. The molecule has 0 atom stereocenters. The lowest BCUT2D eigenvalue weighted by Gasteiger charge is -2.24. The van der Waals surface area contributed by atoms with Crippen molar-refractivity contribution in [2.75, 3.05) is 13.1 Å². The number of rotatable bonds is 4. The predicted octanol–water partition coefficient (Wildman–Crippen LogP) is 2.68. The summed E-state index contributed by atoms with van der Waals surface area (Å²) in [6.45, 7) is 13.2. The molecular formula is C10H21N. The molecule has 0 aromatic carbocycles. The number of hydrogen-bond donors (Lipinski definition) is 0. The monoisotopic (exact) mass is 155 g/mol. The first-order valence-electron chi connectivity index (χ1n) is 4.47. The van der Waals surface area contributed by atoms with Gasteiger partial charge in [0.15, 0.2) is 0 Å². The second kappa shape index (κ2) is 5.36. The Morgan fingerprint density at radius 1 is 1.45 bits per heavy atom. The standard InChI is InChI=1S/C10H21N/c1-6-10(5)8-11(7-2)9(3)4/h6,9H,7-8H2,1-5H3/b10-6-. The summed E-state index contributed by atoms with van der Waals surface area (Å²) in [5.41, 5.74) is 1.46. The minimum atomic E-state index is 0.662. The van der Waals surface area contributed by atoms with Crippen LogP contribution in [0.2, 0.25) is 0 Å². The van der Waals surface area contributed by atoms with Gasteiger partial charge in [-0.1, -0.05) is 18.6 Å². The maximum atomic E-state index is 2.45. The highest BCUT2D eigenvalue weighted by atomic mass is 15.1. The fourth-order valence-corrected chi connectivity index (χ4v) is 1.07. The average Bonchev–Trinajstić information content (AvgIpc) is 1.99. The van der Waals surface area contributed by atoms with Crippen molar-refractivity contribution in [2.45, 2.75) is 40.7 Å². The average molecular weight is 155 g/mol. The molecule has 0 radical (unpaired) electrons. The van der Waals surface area contributed by atoms with Crippen molar-refractivity contribution in [1.82, 2.24) is 4.90 Å². The number of allylic oxidation sites excluding steroid dienone is 1. The first kappa shape index (κ1) is 10.7. The molecule has 0 heterocycles. The van der Waals surface area contributed by atoms with Crippen molar-refractivity contribution in [3.05, 3.63) is 11.6 Å². The molecule has 0 aliphatic rings. The van der Waals surface area contributed by atoms with E-state index in [4.69, 9.17) is 0 Å². The molecule has 0 fully saturated rings. The minimum Gasteiger partial charge on any atom is -0.297 e. The molecule has 0 saturated carbocycles. The molecule has 0 bridgehead atoms. The van der Waals surface area contributed by atoms with Crippen molar-refractivity contribution in [3.8, 4) is 0 Å². The third kappa shape index (κ3) is 4.20. The minimum absolute atomic E-state index is 0.662. The fraction of sp³-hybridized carbons (Fsp3) is 0.800. The van der Waals surface area contributed by atoms with E-state index in [2.05, 4.69) is 45.6 Å². The highest BCUT2D eigenvalue weighted by Gasteiger charge is 2.05. The largest absolute Gasteiger partial charge is 0.297 e. The van der Waals surface area contributed by atoms with Crippen molar-refractivity contribution in [2.24, 2.45) is 0 Å². The van der Waals surface area contributed by atoms with E-state index in [-0.39, 0.29) is 0 Å². The highest BCUT2D eigenvalue weighted by molar-refractivity contribution is 4.98. The second-order valence-electron chi connectivity index (χ2n) is 3.29. The predicted molar refractivity (Wildman–Crippen MR) is 51.8 cm³/mol. The quantitative estimate of drug-likeness (QED) is 0.564. The molecule has 0 aliphatic carbocycles. The zero-order chi connectivity index (χ0) is 8.85. The van der Waals surface area contributed by atoms with E-state index in [1.165, 1.54) is 5.57 Å². The van der Waals surface area contributed by atoms with Crippen LogP contribution >= 0.6 is 0 Å². The van der Waals surface area contributed by atoms with Crippen LogP contribution in [0.25, 0.3) is 0 Å². The zero-order valence-electron chi connectivity index (χ0n) is 8.52. The van der Waals surface area contributed by atoms with Crippen molar-refractivity contribution in [1.29, 1.82) is 0 Å². The van der Waals surface area contributed by atoms with Gasteiger partial charge in [-0.05, 0) is 34.2 Å². The van der Waals surface area contributed by atoms with Crippen LogP contribution in [0, 0.1) is 0 Å². The van der Waals surface area contributed by atoms with Crippen LogP contribution in [0.4, 0.5) is 0 Å². The van der Waals surface area contributed by atoms with Crippen LogP contribution in [-0.2, 0) is 0 Å². The smallest absolute Gasteiger partial charge is 0.0192 e. The van der Waals surface area contributed by atoms with Gasteiger partial charge >= 0.3 is 0 Å². The van der Waals surface area contributed by atoms with E-state index < -0.39 is 0 Å². The third-order valence-corrected chi connectivity index (χ3v) is 2.08. The van der Waals surface area contributed by atoms with E-state index in [9.17, 15) is 0 Å². The van der Waals surface area contributed by atoms with E-state index >= 15 is 0 Å². The van der Waals surface area contributed by atoms with Crippen LogP contribution in [0.3, 0.4) is 0 Å². The Bertz CT molecular complexity index is 125. The normalized spacial score (nSPS) is 13.2. The van der Waals surface area contributed by atoms with Crippen LogP contribution in [0.1, 0.15) is 34.6 Å². The summed E-state index contributed by atoms with van der Waals surface area (Å²) in [4.78, 5) is 2.45. The number of likely N-dealkylation sites (N-methyl/N-ethyl adjacent to an activating group) is 1.